The Morgan fingerprint density at radius 3 is 2.42 bits per heavy atom. The summed E-state index contributed by atoms with van der Waals surface area (Å²) < 4.78 is 6.39. The molecule has 0 aliphatic carbocycles. The number of rotatable bonds is 3. The van der Waals surface area contributed by atoms with E-state index < -0.39 is 4.92 Å². The van der Waals surface area contributed by atoms with Gasteiger partial charge in [0.2, 0.25) is 0 Å². The molecule has 0 radical (unpaired) electrons. The Morgan fingerprint density at radius 1 is 1.16 bits per heavy atom. The number of nitriles is 1. The normalized spacial score (nSPS) is 9.68. The summed E-state index contributed by atoms with van der Waals surface area (Å²) in [5, 5.41) is 19.6. The van der Waals surface area contributed by atoms with Crippen molar-refractivity contribution in [3.8, 4) is 17.6 Å². The molecular formula is C13H7BrN2O3. The minimum Gasteiger partial charge on any atom is -0.457 e. The molecule has 0 N–H and O–H groups in total. The molecule has 0 aliphatic heterocycles. The Morgan fingerprint density at radius 2 is 1.84 bits per heavy atom. The maximum Gasteiger partial charge on any atom is 0.274 e. The zero-order chi connectivity index (χ0) is 13.8. The number of nitrogens with zero attached hydrogens (tertiary/aromatic N) is 2. The average Bonchev–Trinajstić information content (AvgIpc) is 2.41. The number of hydrogen-bond donors (Lipinski definition) is 0. The molecule has 0 atom stereocenters. The third-order valence-electron chi connectivity index (χ3n) is 2.28. The van der Waals surface area contributed by atoms with Crippen molar-refractivity contribution >= 4 is 21.6 Å². The van der Waals surface area contributed by atoms with Crippen molar-refractivity contribution in [3.05, 3.63) is 62.6 Å². The van der Waals surface area contributed by atoms with Crippen LogP contribution in [0.2, 0.25) is 0 Å². The van der Waals surface area contributed by atoms with Gasteiger partial charge in [-0.15, -0.1) is 0 Å². The van der Waals surface area contributed by atoms with E-state index in [-0.39, 0.29) is 17.0 Å². The molecule has 0 aromatic heterocycles. The van der Waals surface area contributed by atoms with E-state index in [2.05, 4.69) is 15.9 Å². The van der Waals surface area contributed by atoms with E-state index >= 15 is 0 Å². The molecule has 5 nitrogen and oxygen atoms in total. The monoisotopic (exact) mass is 318 g/mol. The Balaban J connectivity index is 2.34. The van der Waals surface area contributed by atoms with E-state index in [0.29, 0.717) is 5.75 Å². The molecule has 0 unspecified atom stereocenters. The zero-order valence-electron chi connectivity index (χ0n) is 9.54. The van der Waals surface area contributed by atoms with Gasteiger partial charge in [-0.25, -0.2) is 0 Å². The number of benzene rings is 2. The molecule has 6 heteroatoms. The average molecular weight is 319 g/mol. The lowest BCUT2D eigenvalue weighted by Gasteiger charge is -2.06. The highest BCUT2D eigenvalue weighted by Gasteiger charge is 2.11. The van der Waals surface area contributed by atoms with Gasteiger partial charge in [0.05, 0.1) is 22.6 Å². The van der Waals surface area contributed by atoms with Crippen LogP contribution in [0.15, 0.2) is 46.9 Å². The molecule has 0 spiro atoms. The SMILES string of the molecule is N#Cc1cc(Oc2ccc(Br)cc2)cc([N+](=O)[O-])c1. The van der Waals surface area contributed by atoms with E-state index in [9.17, 15) is 10.1 Å². The minimum atomic E-state index is -0.560. The minimum absolute atomic E-state index is 0.175. The van der Waals surface area contributed by atoms with E-state index in [1.165, 1.54) is 18.2 Å². The summed E-state index contributed by atoms with van der Waals surface area (Å²) in [7, 11) is 0. The van der Waals surface area contributed by atoms with Gasteiger partial charge in [-0.2, -0.15) is 5.26 Å². The fourth-order valence-corrected chi connectivity index (χ4v) is 1.72. The number of non-ortho nitro benzene ring substituents is 1. The second-order valence-corrected chi connectivity index (χ2v) is 4.56. The van der Waals surface area contributed by atoms with Gasteiger partial charge >= 0.3 is 0 Å². The quantitative estimate of drug-likeness (QED) is 0.632. The lowest BCUT2D eigenvalue weighted by atomic mass is 10.2. The van der Waals surface area contributed by atoms with Crippen LogP contribution >= 0.6 is 15.9 Å². The summed E-state index contributed by atoms with van der Waals surface area (Å²) in [5.74, 6) is 0.792. The molecular weight excluding hydrogens is 312 g/mol. The van der Waals surface area contributed by atoms with Gasteiger partial charge in [-0.05, 0) is 30.3 Å². The Bertz CT molecular complexity index is 663. The summed E-state index contributed by atoms with van der Waals surface area (Å²) in [4.78, 5) is 10.2. The van der Waals surface area contributed by atoms with Crippen LogP contribution in [0.25, 0.3) is 0 Å². The molecule has 2 aromatic carbocycles. The highest BCUT2D eigenvalue weighted by Crippen LogP contribution is 2.27. The number of ether oxygens (including phenoxy) is 1. The van der Waals surface area contributed by atoms with Crippen molar-refractivity contribution in [1.82, 2.24) is 0 Å². The number of halogens is 1. The first-order valence-corrected chi connectivity index (χ1v) is 6.01. The Kier molecular flexibility index (Phi) is 3.78. The molecule has 0 saturated carbocycles. The Labute approximate surface area is 117 Å². The van der Waals surface area contributed by atoms with Crippen molar-refractivity contribution in [2.24, 2.45) is 0 Å². The van der Waals surface area contributed by atoms with Crippen molar-refractivity contribution in [1.29, 1.82) is 5.26 Å². The second kappa shape index (κ2) is 5.50. The van der Waals surface area contributed by atoms with Crippen LogP contribution in [0.5, 0.6) is 11.5 Å². The van der Waals surface area contributed by atoms with Crippen LogP contribution in [0, 0.1) is 21.4 Å². The summed E-state index contributed by atoms with van der Waals surface area (Å²) >= 11 is 3.30. The van der Waals surface area contributed by atoms with Crippen LogP contribution in [0.3, 0.4) is 0 Å². The van der Waals surface area contributed by atoms with Gasteiger partial charge in [-0.3, -0.25) is 10.1 Å². The Hall–Kier alpha value is -2.39. The first-order valence-electron chi connectivity index (χ1n) is 5.21. The predicted molar refractivity (Wildman–Crippen MR) is 72.0 cm³/mol. The summed E-state index contributed by atoms with van der Waals surface area (Å²) in [6.45, 7) is 0. The smallest absolute Gasteiger partial charge is 0.274 e. The molecule has 2 aromatic rings. The van der Waals surface area contributed by atoms with Gasteiger partial charge in [0.25, 0.3) is 5.69 Å². The maximum atomic E-state index is 10.8. The molecule has 2 rings (SSSR count). The fourth-order valence-electron chi connectivity index (χ4n) is 1.45. The first kappa shape index (κ1) is 13.1. The highest BCUT2D eigenvalue weighted by molar-refractivity contribution is 9.10. The van der Waals surface area contributed by atoms with Gasteiger partial charge in [0.1, 0.15) is 11.5 Å². The van der Waals surface area contributed by atoms with Crippen molar-refractivity contribution < 1.29 is 9.66 Å². The summed E-state index contributed by atoms with van der Waals surface area (Å²) in [5.41, 5.74) is 0.00692. The van der Waals surface area contributed by atoms with E-state index in [0.717, 1.165) is 4.47 Å². The first-order chi connectivity index (χ1) is 9.08. The predicted octanol–water partition coefficient (Wildman–Crippen LogP) is 4.02. The largest absolute Gasteiger partial charge is 0.457 e. The lowest BCUT2D eigenvalue weighted by molar-refractivity contribution is -0.384. The number of nitro benzene ring substituents is 1. The standard InChI is InChI=1S/C13H7BrN2O3/c14-10-1-3-12(4-2-10)19-13-6-9(8-15)5-11(7-13)16(17)18/h1-7H. The molecule has 0 fully saturated rings. The van der Waals surface area contributed by atoms with E-state index in [1.807, 2.05) is 6.07 Å². The molecule has 0 aliphatic rings. The molecule has 0 heterocycles. The third kappa shape index (κ3) is 3.30. The lowest BCUT2D eigenvalue weighted by Crippen LogP contribution is -1.91. The summed E-state index contributed by atoms with van der Waals surface area (Å²) in [6, 6.07) is 12.8. The highest BCUT2D eigenvalue weighted by atomic mass is 79.9. The number of nitro groups is 1. The molecule has 0 amide bonds. The van der Waals surface area contributed by atoms with Crippen LogP contribution in [0.4, 0.5) is 5.69 Å². The van der Waals surface area contributed by atoms with E-state index in [1.54, 1.807) is 24.3 Å². The maximum absolute atomic E-state index is 10.8. The van der Waals surface area contributed by atoms with Gasteiger partial charge < -0.3 is 4.74 Å². The summed E-state index contributed by atoms with van der Waals surface area (Å²) in [6.07, 6.45) is 0. The van der Waals surface area contributed by atoms with Crippen molar-refractivity contribution in [2.75, 3.05) is 0 Å². The van der Waals surface area contributed by atoms with Crippen molar-refractivity contribution in [2.45, 2.75) is 0 Å². The van der Waals surface area contributed by atoms with Crippen molar-refractivity contribution in [3.63, 3.8) is 0 Å². The zero-order valence-corrected chi connectivity index (χ0v) is 11.1. The molecule has 0 bridgehead atoms. The topological polar surface area (TPSA) is 76.2 Å². The van der Waals surface area contributed by atoms with Gasteiger partial charge in [0, 0.05) is 10.5 Å². The van der Waals surface area contributed by atoms with Gasteiger partial charge in [-0.1, -0.05) is 15.9 Å². The van der Waals surface area contributed by atoms with E-state index in [4.69, 9.17) is 10.00 Å². The fraction of sp³-hybridized carbons (Fsp3) is 0. The number of hydrogen-bond acceptors (Lipinski definition) is 4. The van der Waals surface area contributed by atoms with Crippen LogP contribution in [0.1, 0.15) is 5.56 Å². The van der Waals surface area contributed by atoms with Crippen LogP contribution < -0.4 is 4.74 Å². The molecule has 94 valence electrons. The van der Waals surface area contributed by atoms with Crippen LogP contribution in [-0.2, 0) is 0 Å². The second-order valence-electron chi connectivity index (χ2n) is 3.64. The molecule has 0 saturated heterocycles. The molecule has 19 heavy (non-hydrogen) atoms. The van der Waals surface area contributed by atoms with Gasteiger partial charge in [0.15, 0.2) is 0 Å². The third-order valence-corrected chi connectivity index (χ3v) is 2.81. The van der Waals surface area contributed by atoms with Crippen LogP contribution in [-0.4, -0.2) is 4.92 Å².